The van der Waals surface area contributed by atoms with Crippen LogP contribution in [0.5, 0.6) is 0 Å². The third-order valence-corrected chi connectivity index (χ3v) is 3.79. The van der Waals surface area contributed by atoms with Crippen molar-refractivity contribution in [2.45, 2.75) is 24.9 Å². The van der Waals surface area contributed by atoms with Crippen LogP contribution in [0.15, 0.2) is 34.5 Å². The Morgan fingerprint density at radius 2 is 2.10 bits per heavy atom. The van der Waals surface area contributed by atoms with Gasteiger partial charge in [-0.15, -0.1) is 0 Å². The van der Waals surface area contributed by atoms with Gasteiger partial charge in [-0.25, -0.2) is 19.5 Å². The van der Waals surface area contributed by atoms with Crippen molar-refractivity contribution in [1.82, 2.24) is 24.6 Å². The highest BCUT2D eigenvalue weighted by Crippen LogP contribution is 2.21. The quantitative estimate of drug-likeness (QED) is 0.593. The van der Waals surface area contributed by atoms with Gasteiger partial charge >= 0.3 is 0 Å². The van der Waals surface area contributed by atoms with Gasteiger partial charge in [0, 0.05) is 24.0 Å². The molecule has 0 aliphatic carbocycles. The lowest BCUT2D eigenvalue weighted by Crippen LogP contribution is -2.15. The van der Waals surface area contributed by atoms with E-state index in [9.17, 15) is 4.79 Å². The van der Waals surface area contributed by atoms with Crippen molar-refractivity contribution in [1.29, 1.82) is 0 Å². The molecule has 0 atom stereocenters. The van der Waals surface area contributed by atoms with Crippen molar-refractivity contribution >= 4 is 17.4 Å². The van der Waals surface area contributed by atoms with Gasteiger partial charge in [-0.2, -0.15) is 0 Å². The Morgan fingerprint density at radius 1 is 1.29 bits per heavy atom. The van der Waals surface area contributed by atoms with E-state index in [2.05, 4.69) is 33.9 Å². The number of aromatic amines is 1. The van der Waals surface area contributed by atoms with Gasteiger partial charge in [-0.3, -0.25) is 9.89 Å². The summed E-state index contributed by atoms with van der Waals surface area (Å²) in [4.78, 5) is 25.3. The van der Waals surface area contributed by atoms with E-state index < -0.39 is 0 Å². The number of aromatic nitrogens is 5. The molecular formula is C14H15N5OS. The Bertz CT molecular complexity index is 852. The van der Waals surface area contributed by atoms with Gasteiger partial charge in [0.25, 0.3) is 5.56 Å². The zero-order valence-electron chi connectivity index (χ0n) is 12.0. The SMILES string of the molecule is CSc1nccc(-c2cc(=O)n3[nH]cc(C(C)C)c3n2)n1. The Hall–Kier alpha value is -2.15. The van der Waals surface area contributed by atoms with E-state index in [0.717, 1.165) is 5.56 Å². The van der Waals surface area contributed by atoms with Crippen LogP contribution in [0.3, 0.4) is 0 Å². The predicted molar refractivity (Wildman–Crippen MR) is 82.7 cm³/mol. The monoisotopic (exact) mass is 301 g/mol. The average molecular weight is 301 g/mol. The molecule has 3 aromatic heterocycles. The number of fused-ring (bicyclic) bond motifs is 1. The molecule has 108 valence electrons. The first kappa shape index (κ1) is 13.8. The number of hydrogen-bond donors (Lipinski definition) is 1. The smallest absolute Gasteiger partial charge is 0.273 e. The third-order valence-electron chi connectivity index (χ3n) is 3.23. The Labute approximate surface area is 125 Å². The number of rotatable bonds is 3. The minimum atomic E-state index is -0.147. The minimum Gasteiger partial charge on any atom is -0.297 e. The van der Waals surface area contributed by atoms with Gasteiger partial charge in [0.2, 0.25) is 0 Å². The highest BCUT2D eigenvalue weighted by atomic mass is 32.2. The summed E-state index contributed by atoms with van der Waals surface area (Å²) in [5.41, 5.74) is 2.74. The fourth-order valence-corrected chi connectivity index (χ4v) is 2.49. The summed E-state index contributed by atoms with van der Waals surface area (Å²) in [5.74, 6) is 0.278. The summed E-state index contributed by atoms with van der Waals surface area (Å²) in [6.45, 7) is 4.14. The topological polar surface area (TPSA) is 75.9 Å². The van der Waals surface area contributed by atoms with Crippen LogP contribution in [0.2, 0.25) is 0 Å². The summed E-state index contributed by atoms with van der Waals surface area (Å²) in [6.07, 6.45) is 5.41. The molecule has 1 N–H and O–H groups in total. The first-order chi connectivity index (χ1) is 10.1. The number of H-pyrrole nitrogens is 1. The van der Waals surface area contributed by atoms with E-state index in [-0.39, 0.29) is 11.5 Å². The second-order valence-corrected chi connectivity index (χ2v) is 5.72. The molecule has 0 radical (unpaired) electrons. The summed E-state index contributed by atoms with van der Waals surface area (Å²) >= 11 is 1.46. The molecule has 3 heterocycles. The fourth-order valence-electron chi connectivity index (χ4n) is 2.14. The van der Waals surface area contributed by atoms with Gasteiger partial charge in [-0.1, -0.05) is 25.6 Å². The Kier molecular flexibility index (Phi) is 3.50. The summed E-state index contributed by atoms with van der Waals surface area (Å²) in [6, 6.07) is 3.25. The van der Waals surface area contributed by atoms with Crippen molar-refractivity contribution < 1.29 is 0 Å². The van der Waals surface area contributed by atoms with E-state index in [1.165, 1.54) is 22.3 Å². The maximum atomic E-state index is 12.2. The van der Waals surface area contributed by atoms with Crippen LogP contribution in [0.4, 0.5) is 0 Å². The van der Waals surface area contributed by atoms with Crippen LogP contribution in [-0.2, 0) is 0 Å². The molecule has 21 heavy (non-hydrogen) atoms. The summed E-state index contributed by atoms with van der Waals surface area (Å²) in [5, 5.41) is 3.60. The molecule has 0 fully saturated rings. The highest BCUT2D eigenvalue weighted by Gasteiger charge is 2.13. The van der Waals surface area contributed by atoms with Crippen molar-refractivity contribution in [3.05, 3.63) is 40.4 Å². The van der Waals surface area contributed by atoms with Crippen molar-refractivity contribution in [3.63, 3.8) is 0 Å². The van der Waals surface area contributed by atoms with Crippen molar-refractivity contribution in [2.75, 3.05) is 6.26 Å². The molecule has 3 aromatic rings. The lowest BCUT2D eigenvalue weighted by Gasteiger charge is -2.04. The van der Waals surface area contributed by atoms with Crippen LogP contribution >= 0.6 is 11.8 Å². The second kappa shape index (κ2) is 5.33. The molecular weight excluding hydrogens is 286 g/mol. The Morgan fingerprint density at radius 3 is 2.81 bits per heavy atom. The molecule has 0 amide bonds. The molecule has 0 aliphatic rings. The first-order valence-electron chi connectivity index (χ1n) is 6.58. The van der Waals surface area contributed by atoms with E-state index in [1.54, 1.807) is 12.3 Å². The Balaban J connectivity index is 2.23. The van der Waals surface area contributed by atoms with Crippen LogP contribution in [0, 0.1) is 0 Å². The standard InChI is InChI=1S/C14H15N5OS/c1-8(2)9-7-16-19-12(20)6-11(17-13(9)19)10-4-5-15-14(18-10)21-3/h4-8,16H,1-3H3. The van der Waals surface area contributed by atoms with Crippen LogP contribution in [0.1, 0.15) is 25.3 Å². The van der Waals surface area contributed by atoms with Crippen molar-refractivity contribution in [2.24, 2.45) is 0 Å². The highest BCUT2D eigenvalue weighted by molar-refractivity contribution is 7.98. The van der Waals surface area contributed by atoms with Gasteiger partial charge in [-0.05, 0) is 18.2 Å². The number of nitrogens with zero attached hydrogens (tertiary/aromatic N) is 4. The number of thioether (sulfide) groups is 1. The fraction of sp³-hybridized carbons (Fsp3) is 0.286. The number of nitrogens with one attached hydrogen (secondary N) is 1. The zero-order valence-corrected chi connectivity index (χ0v) is 12.8. The molecule has 7 heteroatoms. The lowest BCUT2D eigenvalue weighted by atomic mass is 10.1. The van der Waals surface area contributed by atoms with Gasteiger partial charge < -0.3 is 0 Å². The van der Waals surface area contributed by atoms with Crippen molar-refractivity contribution in [3.8, 4) is 11.4 Å². The molecule has 0 saturated heterocycles. The minimum absolute atomic E-state index is 0.147. The normalized spacial score (nSPS) is 11.4. The molecule has 3 rings (SSSR count). The largest absolute Gasteiger partial charge is 0.297 e. The van der Waals surface area contributed by atoms with Gasteiger partial charge in [0.05, 0.1) is 11.4 Å². The molecule has 0 bridgehead atoms. The van der Waals surface area contributed by atoms with E-state index >= 15 is 0 Å². The van der Waals surface area contributed by atoms with Crippen LogP contribution in [0.25, 0.3) is 17.0 Å². The number of hydrogen-bond acceptors (Lipinski definition) is 5. The molecule has 6 nitrogen and oxygen atoms in total. The second-order valence-electron chi connectivity index (χ2n) is 4.95. The summed E-state index contributed by atoms with van der Waals surface area (Å²) < 4.78 is 1.45. The maximum Gasteiger partial charge on any atom is 0.273 e. The first-order valence-corrected chi connectivity index (χ1v) is 7.81. The maximum absolute atomic E-state index is 12.2. The third kappa shape index (κ3) is 2.44. The summed E-state index contributed by atoms with van der Waals surface area (Å²) in [7, 11) is 0. The molecule has 0 aliphatic heterocycles. The van der Waals surface area contributed by atoms with Crippen LogP contribution in [-0.4, -0.2) is 30.8 Å². The predicted octanol–water partition coefficient (Wildman–Crippen LogP) is 2.32. The van der Waals surface area contributed by atoms with E-state index in [4.69, 9.17) is 0 Å². The molecule has 0 unspecified atom stereocenters. The molecule has 0 aromatic carbocycles. The van der Waals surface area contributed by atoms with E-state index in [0.29, 0.717) is 22.2 Å². The lowest BCUT2D eigenvalue weighted by molar-refractivity contribution is 0.869. The van der Waals surface area contributed by atoms with Gasteiger partial charge in [0.1, 0.15) is 0 Å². The van der Waals surface area contributed by atoms with Crippen LogP contribution < -0.4 is 5.56 Å². The average Bonchev–Trinajstić information content (AvgIpc) is 2.92. The van der Waals surface area contributed by atoms with Gasteiger partial charge in [0.15, 0.2) is 10.8 Å². The zero-order chi connectivity index (χ0) is 15.0. The molecule has 0 saturated carbocycles. The van der Waals surface area contributed by atoms with E-state index in [1.807, 2.05) is 12.5 Å². The molecule has 0 spiro atoms.